The Morgan fingerprint density at radius 3 is 2.58 bits per heavy atom. The van der Waals surface area contributed by atoms with Gasteiger partial charge >= 0.3 is 0 Å². The fourth-order valence-corrected chi connectivity index (χ4v) is 4.05. The van der Waals surface area contributed by atoms with Gasteiger partial charge in [0.15, 0.2) is 16.4 Å². The lowest BCUT2D eigenvalue weighted by Crippen LogP contribution is -2.43. The van der Waals surface area contributed by atoms with Crippen molar-refractivity contribution in [2.75, 3.05) is 17.3 Å². The standard InChI is InChI=1S/C18H15ClFNO4S/c19-16-10-15(6-7-17(16)20)25-11-18(22)21(13-4-2-1-3-5-13)14-8-9-26(23,24)12-14/h1-10,14H,11-12H2/t14-/m0/s1. The molecule has 0 aliphatic carbocycles. The summed E-state index contributed by atoms with van der Waals surface area (Å²) >= 11 is 5.70. The number of halogens is 2. The number of benzene rings is 2. The van der Waals surface area contributed by atoms with Crippen LogP contribution in [0.1, 0.15) is 0 Å². The fraction of sp³-hybridized carbons (Fsp3) is 0.167. The van der Waals surface area contributed by atoms with Gasteiger partial charge in [-0.3, -0.25) is 4.79 Å². The van der Waals surface area contributed by atoms with Crippen LogP contribution in [0, 0.1) is 5.82 Å². The minimum Gasteiger partial charge on any atom is -0.484 e. The lowest BCUT2D eigenvalue weighted by Gasteiger charge is -2.27. The molecule has 1 heterocycles. The number of ether oxygens (including phenoxy) is 1. The highest BCUT2D eigenvalue weighted by molar-refractivity contribution is 7.94. The Kier molecular flexibility index (Phi) is 5.29. The maximum Gasteiger partial charge on any atom is 0.265 e. The molecule has 8 heteroatoms. The molecule has 26 heavy (non-hydrogen) atoms. The summed E-state index contributed by atoms with van der Waals surface area (Å²) in [6, 6.07) is 11.9. The van der Waals surface area contributed by atoms with E-state index in [1.54, 1.807) is 30.3 Å². The highest BCUT2D eigenvalue weighted by atomic mass is 35.5. The van der Waals surface area contributed by atoms with Crippen molar-refractivity contribution in [3.63, 3.8) is 0 Å². The number of nitrogens with zero attached hydrogens (tertiary/aromatic N) is 1. The van der Waals surface area contributed by atoms with E-state index in [1.807, 2.05) is 0 Å². The van der Waals surface area contributed by atoms with Gasteiger partial charge in [-0.2, -0.15) is 0 Å². The molecule has 136 valence electrons. The van der Waals surface area contributed by atoms with Crippen molar-refractivity contribution in [3.05, 3.63) is 70.9 Å². The minimum absolute atomic E-state index is 0.111. The van der Waals surface area contributed by atoms with Crippen molar-refractivity contribution < 1.29 is 22.3 Å². The first-order chi connectivity index (χ1) is 12.4. The molecular formula is C18H15ClFNO4S. The number of amides is 1. The number of anilines is 1. The summed E-state index contributed by atoms with van der Waals surface area (Å²) in [7, 11) is -3.33. The van der Waals surface area contributed by atoms with Crippen LogP contribution in [0.25, 0.3) is 0 Å². The molecule has 3 rings (SSSR count). The monoisotopic (exact) mass is 395 g/mol. The molecule has 0 saturated heterocycles. The molecule has 0 fully saturated rings. The van der Waals surface area contributed by atoms with Gasteiger partial charge < -0.3 is 9.64 Å². The highest BCUT2D eigenvalue weighted by Crippen LogP contribution is 2.24. The molecule has 2 aromatic carbocycles. The Bertz CT molecular complexity index is 947. The van der Waals surface area contributed by atoms with Crippen LogP contribution < -0.4 is 9.64 Å². The lowest BCUT2D eigenvalue weighted by atomic mass is 10.2. The molecule has 0 radical (unpaired) electrons. The van der Waals surface area contributed by atoms with Crippen LogP contribution in [0.15, 0.2) is 60.0 Å². The molecule has 1 amide bonds. The summed E-state index contributed by atoms with van der Waals surface area (Å²) in [6.07, 6.45) is 1.48. The van der Waals surface area contributed by atoms with Crippen molar-refractivity contribution in [2.24, 2.45) is 0 Å². The van der Waals surface area contributed by atoms with Crippen molar-refractivity contribution in [1.82, 2.24) is 0 Å². The maximum atomic E-state index is 13.2. The Labute approximate surface area is 155 Å². The minimum atomic E-state index is -3.33. The second-order valence-electron chi connectivity index (χ2n) is 5.69. The second-order valence-corrected chi connectivity index (χ2v) is 8.03. The van der Waals surface area contributed by atoms with Crippen LogP contribution in [0.2, 0.25) is 5.02 Å². The average Bonchev–Trinajstić information content (AvgIpc) is 2.96. The molecule has 1 aliphatic heterocycles. The third-order valence-electron chi connectivity index (χ3n) is 3.80. The van der Waals surface area contributed by atoms with E-state index in [0.717, 1.165) is 11.5 Å². The number of hydrogen-bond acceptors (Lipinski definition) is 4. The van der Waals surface area contributed by atoms with E-state index >= 15 is 0 Å². The molecular weight excluding hydrogens is 381 g/mol. The Morgan fingerprint density at radius 2 is 1.96 bits per heavy atom. The van der Waals surface area contributed by atoms with Crippen molar-refractivity contribution in [3.8, 4) is 5.75 Å². The summed E-state index contributed by atoms with van der Waals surface area (Å²) < 4.78 is 42.1. The smallest absolute Gasteiger partial charge is 0.265 e. The topological polar surface area (TPSA) is 63.7 Å². The van der Waals surface area contributed by atoms with Gasteiger partial charge in [0, 0.05) is 17.2 Å². The fourth-order valence-electron chi connectivity index (χ4n) is 2.61. The molecule has 1 aliphatic rings. The zero-order chi connectivity index (χ0) is 18.7. The second kappa shape index (κ2) is 7.47. The van der Waals surface area contributed by atoms with Crippen molar-refractivity contribution >= 4 is 33.0 Å². The summed E-state index contributed by atoms with van der Waals surface area (Å²) in [6.45, 7) is -0.346. The van der Waals surface area contributed by atoms with Crippen molar-refractivity contribution in [1.29, 1.82) is 0 Å². The van der Waals surface area contributed by atoms with E-state index < -0.39 is 27.6 Å². The van der Waals surface area contributed by atoms with E-state index in [1.165, 1.54) is 23.1 Å². The third kappa shape index (κ3) is 4.23. The Morgan fingerprint density at radius 1 is 1.23 bits per heavy atom. The Hall–Kier alpha value is -2.38. The zero-order valence-electron chi connectivity index (χ0n) is 13.5. The van der Waals surface area contributed by atoms with Gasteiger partial charge in [-0.05, 0) is 30.3 Å². The molecule has 0 aromatic heterocycles. The molecule has 0 unspecified atom stereocenters. The molecule has 5 nitrogen and oxygen atoms in total. The first-order valence-electron chi connectivity index (χ1n) is 7.72. The largest absolute Gasteiger partial charge is 0.484 e. The van der Waals surface area contributed by atoms with E-state index in [-0.39, 0.29) is 23.1 Å². The predicted molar refractivity (Wildman–Crippen MR) is 97.5 cm³/mol. The zero-order valence-corrected chi connectivity index (χ0v) is 15.1. The van der Waals surface area contributed by atoms with Crippen LogP contribution >= 0.6 is 11.6 Å². The molecule has 1 atom stereocenters. The van der Waals surface area contributed by atoms with Crippen LogP contribution in [-0.2, 0) is 14.6 Å². The summed E-state index contributed by atoms with van der Waals surface area (Å²) in [5.74, 6) is -0.955. The highest BCUT2D eigenvalue weighted by Gasteiger charge is 2.31. The number of carbonyl (C=O) groups excluding carboxylic acids is 1. The van der Waals surface area contributed by atoms with Crippen LogP contribution in [0.5, 0.6) is 5.75 Å². The van der Waals surface area contributed by atoms with Crippen LogP contribution in [0.4, 0.5) is 10.1 Å². The average molecular weight is 396 g/mol. The molecule has 0 spiro atoms. The molecule has 2 aromatic rings. The summed E-state index contributed by atoms with van der Waals surface area (Å²) in [5, 5.41) is 1.00. The van der Waals surface area contributed by atoms with Gasteiger partial charge in [-0.25, -0.2) is 12.8 Å². The van der Waals surface area contributed by atoms with E-state index in [2.05, 4.69) is 0 Å². The third-order valence-corrected chi connectivity index (χ3v) is 5.47. The number of para-hydroxylation sites is 1. The van der Waals surface area contributed by atoms with Crippen LogP contribution in [0.3, 0.4) is 0 Å². The number of rotatable bonds is 5. The molecule has 0 N–H and O–H groups in total. The predicted octanol–water partition coefficient (Wildman–Crippen LogP) is 3.20. The van der Waals surface area contributed by atoms with E-state index in [0.29, 0.717) is 5.69 Å². The maximum absolute atomic E-state index is 13.2. The van der Waals surface area contributed by atoms with E-state index in [4.69, 9.17) is 16.3 Å². The van der Waals surface area contributed by atoms with Crippen LogP contribution in [-0.4, -0.2) is 32.7 Å². The number of sulfone groups is 1. The molecule has 0 bridgehead atoms. The lowest BCUT2D eigenvalue weighted by molar-refractivity contribution is -0.120. The normalized spacial score (nSPS) is 17.8. The molecule has 0 saturated carbocycles. The van der Waals surface area contributed by atoms with Crippen molar-refractivity contribution in [2.45, 2.75) is 6.04 Å². The first-order valence-corrected chi connectivity index (χ1v) is 9.81. The van der Waals surface area contributed by atoms with Gasteiger partial charge in [0.05, 0.1) is 16.8 Å². The van der Waals surface area contributed by atoms with Gasteiger partial charge in [0.2, 0.25) is 0 Å². The SMILES string of the molecule is O=C(COc1ccc(F)c(Cl)c1)N(c1ccccc1)[C@H]1C=CS(=O)(=O)C1. The van der Waals surface area contributed by atoms with Gasteiger partial charge in [-0.1, -0.05) is 29.8 Å². The number of hydrogen-bond donors (Lipinski definition) is 0. The number of carbonyl (C=O) groups is 1. The van der Waals surface area contributed by atoms with Gasteiger partial charge in [0.1, 0.15) is 11.6 Å². The summed E-state index contributed by atoms with van der Waals surface area (Å²) in [5.41, 5.74) is 0.560. The van der Waals surface area contributed by atoms with Gasteiger partial charge in [-0.15, -0.1) is 0 Å². The first kappa shape index (κ1) is 18.4. The summed E-state index contributed by atoms with van der Waals surface area (Å²) in [4.78, 5) is 14.1. The van der Waals surface area contributed by atoms with Gasteiger partial charge in [0.25, 0.3) is 5.91 Å². The Balaban J connectivity index is 1.79. The van der Waals surface area contributed by atoms with E-state index in [9.17, 15) is 17.6 Å². The quantitative estimate of drug-likeness (QED) is 0.779.